The Morgan fingerprint density at radius 1 is 1.68 bits per heavy atom. The number of rotatable bonds is 2. The number of aliphatic hydroxyl groups is 1. The first kappa shape index (κ1) is 13.7. The largest absolute Gasteiger partial charge is 0.388 e. The van der Waals surface area contributed by atoms with Crippen LogP contribution in [0.2, 0.25) is 5.15 Å². The van der Waals surface area contributed by atoms with E-state index in [2.05, 4.69) is 4.98 Å². The van der Waals surface area contributed by atoms with Crippen LogP contribution in [0.4, 0.5) is 5.69 Å². The molecule has 0 aromatic carbocycles. The smallest absolute Gasteiger partial charge is 0.319 e. The van der Waals surface area contributed by atoms with E-state index < -0.39 is 22.1 Å². The molecule has 1 aromatic rings. The molecule has 8 heteroatoms. The molecule has 0 spiro atoms. The molecule has 1 aliphatic heterocycles. The lowest BCUT2D eigenvalue weighted by Gasteiger charge is -2.18. The van der Waals surface area contributed by atoms with E-state index in [4.69, 9.17) is 11.6 Å². The number of pyridine rings is 1. The summed E-state index contributed by atoms with van der Waals surface area (Å²) in [6.45, 7) is 2.11. The highest BCUT2D eigenvalue weighted by molar-refractivity contribution is 6.32. The number of likely N-dealkylation sites (tertiary alicyclic amines) is 1. The van der Waals surface area contributed by atoms with Gasteiger partial charge in [-0.1, -0.05) is 11.6 Å². The second-order valence-corrected chi connectivity index (χ2v) is 5.09. The molecule has 1 amide bonds. The Bertz CT molecular complexity index is 547. The van der Waals surface area contributed by atoms with Crippen LogP contribution in [0.1, 0.15) is 23.7 Å². The van der Waals surface area contributed by atoms with Gasteiger partial charge in [-0.05, 0) is 19.4 Å². The number of hydrogen-bond acceptors (Lipinski definition) is 5. The fraction of sp³-hybridized carbons (Fsp3) is 0.455. The lowest BCUT2D eigenvalue weighted by molar-refractivity contribution is -0.385. The number of hydrogen-bond donors (Lipinski definition) is 1. The first-order chi connectivity index (χ1) is 8.82. The molecule has 1 aliphatic rings. The number of carbonyl (C=O) groups excluding carboxylic acids is 1. The minimum Gasteiger partial charge on any atom is -0.388 e. The molecule has 7 nitrogen and oxygen atoms in total. The summed E-state index contributed by atoms with van der Waals surface area (Å²) in [7, 11) is 0. The Hall–Kier alpha value is -1.73. The Kier molecular flexibility index (Phi) is 3.42. The standard InChI is InChI=1S/C11H12ClN3O4/c1-11(17)3-5-14(6-11)10(16)7-2-4-13-9(12)8(7)15(18)19/h2,4,17H,3,5-6H2,1H3. The molecular weight excluding hydrogens is 274 g/mol. The predicted molar refractivity (Wildman–Crippen MR) is 67.0 cm³/mol. The second-order valence-electron chi connectivity index (χ2n) is 4.73. The Morgan fingerprint density at radius 2 is 2.37 bits per heavy atom. The van der Waals surface area contributed by atoms with Crippen molar-refractivity contribution in [3.63, 3.8) is 0 Å². The monoisotopic (exact) mass is 285 g/mol. The van der Waals surface area contributed by atoms with Crippen LogP contribution in [0, 0.1) is 10.1 Å². The normalized spacial score (nSPS) is 22.6. The summed E-state index contributed by atoms with van der Waals surface area (Å²) in [5.41, 5.74) is -1.57. The molecule has 0 bridgehead atoms. The predicted octanol–water partition coefficient (Wildman–Crippen LogP) is 1.24. The quantitative estimate of drug-likeness (QED) is 0.501. The van der Waals surface area contributed by atoms with Crippen molar-refractivity contribution in [2.24, 2.45) is 0 Å². The summed E-state index contributed by atoms with van der Waals surface area (Å²) in [5, 5.41) is 20.5. The van der Waals surface area contributed by atoms with Crippen molar-refractivity contribution >= 4 is 23.2 Å². The van der Waals surface area contributed by atoms with Gasteiger partial charge in [0.25, 0.3) is 5.91 Å². The minimum absolute atomic E-state index is 0.109. The first-order valence-corrected chi connectivity index (χ1v) is 6.00. The number of nitrogens with zero attached hydrogens (tertiary/aromatic N) is 3. The zero-order chi connectivity index (χ0) is 14.2. The van der Waals surface area contributed by atoms with Crippen molar-refractivity contribution in [3.05, 3.63) is 33.1 Å². The van der Waals surface area contributed by atoms with E-state index in [9.17, 15) is 20.0 Å². The van der Waals surface area contributed by atoms with Gasteiger partial charge in [-0.2, -0.15) is 0 Å². The number of β-amino-alcohol motifs (C(OH)–C–C–N with tert-alkyl or cyclic N) is 1. The Morgan fingerprint density at radius 3 is 2.89 bits per heavy atom. The third kappa shape index (κ3) is 2.66. The van der Waals surface area contributed by atoms with Gasteiger partial charge in [0.15, 0.2) is 0 Å². The maximum Gasteiger partial charge on any atom is 0.319 e. The molecule has 19 heavy (non-hydrogen) atoms. The molecule has 0 aliphatic carbocycles. The highest BCUT2D eigenvalue weighted by atomic mass is 35.5. The van der Waals surface area contributed by atoms with Crippen LogP contribution >= 0.6 is 11.6 Å². The molecular formula is C11H12ClN3O4. The van der Waals surface area contributed by atoms with E-state index >= 15 is 0 Å². The van der Waals surface area contributed by atoms with Crippen molar-refractivity contribution < 1.29 is 14.8 Å². The summed E-state index contributed by atoms with van der Waals surface area (Å²) >= 11 is 5.66. The molecule has 1 saturated heterocycles. The van der Waals surface area contributed by atoms with Crippen molar-refractivity contribution in [2.75, 3.05) is 13.1 Å². The molecule has 2 rings (SSSR count). The van der Waals surface area contributed by atoms with E-state index in [0.717, 1.165) is 0 Å². The van der Waals surface area contributed by atoms with Crippen molar-refractivity contribution in [3.8, 4) is 0 Å². The zero-order valence-corrected chi connectivity index (χ0v) is 10.9. The molecule has 1 fully saturated rings. The van der Waals surface area contributed by atoms with Crippen LogP contribution < -0.4 is 0 Å². The molecule has 2 heterocycles. The summed E-state index contributed by atoms with van der Waals surface area (Å²) < 4.78 is 0. The number of carbonyl (C=O) groups is 1. The van der Waals surface area contributed by atoms with Gasteiger partial charge in [-0.3, -0.25) is 14.9 Å². The van der Waals surface area contributed by atoms with Crippen LogP contribution in [-0.2, 0) is 0 Å². The average molecular weight is 286 g/mol. The molecule has 0 radical (unpaired) electrons. The molecule has 1 aromatic heterocycles. The van der Waals surface area contributed by atoms with Crippen LogP contribution in [0.3, 0.4) is 0 Å². The summed E-state index contributed by atoms with van der Waals surface area (Å²) in [6.07, 6.45) is 1.68. The minimum atomic E-state index is -0.957. The number of amides is 1. The fourth-order valence-corrected chi connectivity index (χ4v) is 2.29. The van der Waals surface area contributed by atoms with E-state index in [-0.39, 0.29) is 17.3 Å². The average Bonchev–Trinajstić information content (AvgIpc) is 2.68. The fourth-order valence-electron chi connectivity index (χ4n) is 2.06. The van der Waals surface area contributed by atoms with Crippen LogP contribution in [0.15, 0.2) is 12.3 Å². The summed E-state index contributed by atoms with van der Waals surface area (Å²) in [6, 6.07) is 1.26. The van der Waals surface area contributed by atoms with E-state index in [0.29, 0.717) is 13.0 Å². The molecule has 1 N–H and O–H groups in total. The van der Waals surface area contributed by atoms with Gasteiger partial charge < -0.3 is 10.0 Å². The van der Waals surface area contributed by atoms with Crippen LogP contribution in [0.25, 0.3) is 0 Å². The third-order valence-corrected chi connectivity index (χ3v) is 3.31. The van der Waals surface area contributed by atoms with Gasteiger partial charge in [0, 0.05) is 19.3 Å². The van der Waals surface area contributed by atoms with Gasteiger partial charge in [-0.15, -0.1) is 0 Å². The lowest BCUT2D eigenvalue weighted by Crippen LogP contribution is -2.34. The van der Waals surface area contributed by atoms with Crippen LogP contribution in [0.5, 0.6) is 0 Å². The number of nitro groups is 1. The van der Waals surface area contributed by atoms with Gasteiger partial charge in [-0.25, -0.2) is 4.98 Å². The maximum atomic E-state index is 12.2. The molecule has 102 valence electrons. The summed E-state index contributed by atoms with van der Waals surface area (Å²) in [4.78, 5) is 27.4. The second kappa shape index (κ2) is 4.75. The number of aromatic nitrogens is 1. The maximum absolute atomic E-state index is 12.2. The van der Waals surface area contributed by atoms with Gasteiger partial charge >= 0.3 is 5.69 Å². The van der Waals surface area contributed by atoms with E-state index in [1.165, 1.54) is 17.2 Å². The summed E-state index contributed by atoms with van der Waals surface area (Å²) in [5.74, 6) is -0.520. The van der Waals surface area contributed by atoms with E-state index in [1.807, 2.05) is 0 Å². The van der Waals surface area contributed by atoms with E-state index in [1.54, 1.807) is 6.92 Å². The van der Waals surface area contributed by atoms with Crippen molar-refractivity contribution in [2.45, 2.75) is 18.9 Å². The van der Waals surface area contributed by atoms with Crippen molar-refractivity contribution in [1.82, 2.24) is 9.88 Å². The Balaban J connectivity index is 2.35. The SMILES string of the molecule is CC1(O)CCN(C(=O)c2ccnc(Cl)c2[N+](=O)[O-])C1. The highest BCUT2D eigenvalue weighted by Gasteiger charge is 2.37. The first-order valence-electron chi connectivity index (χ1n) is 5.62. The zero-order valence-electron chi connectivity index (χ0n) is 10.2. The van der Waals surface area contributed by atoms with Gasteiger partial charge in [0.05, 0.1) is 10.5 Å². The lowest BCUT2D eigenvalue weighted by atomic mass is 10.1. The molecule has 1 unspecified atom stereocenters. The number of halogens is 1. The van der Waals surface area contributed by atoms with Crippen LogP contribution in [-0.4, -0.2) is 44.5 Å². The Labute approximate surface area is 114 Å². The highest BCUT2D eigenvalue weighted by Crippen LogP contribution is 2.29. The topological polar surface area (TPSA) is 96.6 Å². The molecule has 1 atom stereocenters. The van der Waals surface area contributed by atoms with Gasteiger partial charge in [0.2, 0.25) is 5.15 Å². The third-order valence-electron chi connectivity index (χ3n) is 3.03. The molecule has 0 saturated carbocycles. The van der Waals surface area contributed by atoms with Gasteiger partial charge in [0.1, 0.15) is 5.56 Å². The van der Waals surface area contributed by atoms with Crippen molar-refractivity contribution in [1.29, 1.82) is 0 Å².